The molecule has 3 amide bonds. The Morgan fingerprint density at radius 2 is 2.04 bits per heavy atom. The Morgan fingerprint density at radius 1 is 1.19 bits per heavy atom. The first kappa shape index (κ1) is 16.6. The number of aromatic nitrogens is 2. The highest BCUT2D eigenvalue weighted by Crippen LogP contribution is 2.26. The van der Waals surface area contributed by atoms with Crippen molar-refractivity contribution in [3.8, 4) is 0 Å². The van der Waals surface area contributed by atoms with Gasteiger partial charge >= 0.3 is 6.03 Å². The molecule has 26 heavy (non-hydrogen) atoms. The maximum absolute atomic E-state index is 13.0. The van der Waals surface area contributed by atoms with Gasteiger partial charge in [-0.15, -0.1) is 0 Å². The minimum Gasteiger partial charge on any atom is -0.354 e. The van der Waals surface area contributed by atoms with Crippen LogP contribution < -0.4 is 10.6 Å². The fourth-order valence-corrected chi connectivity index (χ4v) is 3.71. The molecule has 0 radical (unpaired) electrons. The number of urea groups is 1. The van der Waals surface area contributed by atoms with Gasteiger partial charge in [-0.25, -0.2) is 4.79 Å². The normalized spacial score (nSPS) is 20.1. The molecule has 2 aliphatic heterocycles. The van der Waals surface area contributed by atoms with Gasteiger partial charge in [0.2, 0.25) is 5.91 Å². The van der Waals surface area contributed by atoms with Gasteiger partial charge in [0.15, 0.2) is 5.82 Å². The monoisotopic (exact) mass is 353 g/mol. The number of aryl methyl sites for hydroxylation is 2. The Balaban J connectivity index is 1.55. The van der Waals surface area contributed by atoms with Crippen LogP contribution in [-0.2, 0) is 17.8 Å². The van der Waals surface area contributed by atoms with E-state index in [0.29, 0.717) is 18.9 Å². The number of fused-ring (bicyclic) bond motifs is 1. The van der Waals surface area contributed by atoms with Crippen molar-refractivity contribution in [3.05, 3.63) is 47.7 Å². The van der Waals surface area contributed by atoms with Crippen molar-refractivity contribution in [2.45, 2.75) is 38.3 Å². The van der Waals surface area contributed by atoms with Crippen molar-refractivity contribution in [3.63, 3.8) is 0 Å². The maximum Gasteiger partial charge on any atom is 0.323 e. The first-order chi connectivity index (χ1) is 12.7. The summed E-state index contributed by atoms with van der Waals surface area (Å²) in [5.41, 5.74) is 2.13. The molecular weight excluding hydrogens is 330 g/mol. The average Bonchev–Trinajstić information content (AvgIpc) is 2.95. The van der Waals surface area contributed by atoms with E-state index >= 15 is 0 Å². The summed E-state index contributed by atoms with van der Waals surface area (Å²) in [5, 5.41) is 10.3. The predicted octanol–water partition coefficient (Wildman–Crippen LogP) is 2.31. The molecule has 1 aromatic carbocycles. The van der Waals surface area contributed by atoms with Crippen LogP contribution in [0.2, 0.25) is 0 Å². The van der Waals surface area contributed by atoms with Gasteiger partial charge < -0.3 is 10.2 Å². The molecule has 7 heteroatoms. The van der Waals surface area contributed by atoms with Crippen molar-refractivity contribution in [2.75, 3.05) is 18.4 Å². The van der Waals surface area contributed by atoms with Gasteiger partial charge in [-0.3, -0.25) is 14.8 Å². The highest BCUT2D eigenvalue weighted by molar-refractivity contribution is 5.89. The maximum atomic E-state index is 13.0. The lowest BCUT2D eigenvalue weighted by molar-refractivity contribution is -0.121. The summed E-state index contributed by atoms with van der Waals surface area (Å²) in [5.74, 6) is 0.550. The fourth-order valence-electron chi connectivity index (χ4n) is 3.71. The van der Waals surface area contributed by atoms with E-state index in [4.69, 9.17) is 0 Å². The second kappa shape index (κ2) is 7.19. The topological polar surface area (TPSA) is 79.3 Å². The minimum atomic E-state index is -0.282. The van der Waals surface area contributed by atoms with Crippen LogP contribution in [0, 0.1) is 0 Å². The van der Waals surface area contributed by atoms with Gasteiger partial charge in [-0.05, 0) is 24.8 Å². The summed E-state index contributed by atoms with van der Waals surface area (Å²) in [6.45, 7) is 1.82. The molecule has 0 aliphatic carbocycles. The van der Waals surface area contributed by atoms with Crippen molar-refractivity contribution in [1.82, 2.24) is 20.0 Å². The third kappa shape index (κ3) is 3.42. The van der Waals surface area contributed by atoms with E-state index in [0.717, 1.165) is 31.4 Å². The molecule has 0 bridgehead atoms. The highest BCUT2D eigenvalue weighted by atomic mass is 16.2. The number of carbonyl (C=O) groups excluding carboxylic acids is 2. The van der Waals surface area contributed by atoms with Crippen LogP contribution in [0.4, 0.5) is 10.6 Å². The lowest BCUT2D eigenvalue weighted by Crippen LogP contribution is -2.39. The lowest BCUT2D eigenvalue weighted by Gasteiger charge is -2.29. The number of hydrogen-bond acceptors (Lipinski definition) is 3. The molecule has 7 nitrogen and oxygen atoms in total. The number of amides is 3. The quantitative estimate of drug-likeness (QED) is 0.870. The molecular formula is C19H23N5O2. The number of anilines is 1. The standard InChI is InChI=1S/C19H23N5O2/c25-18-13-16(14-6-2-1-3-7-14)23(11-9-20-18)19(26)21-17-12-15-8-4-5-10-24(15)22-17/h1-3,6-7,12,16H,4-5,8-11,13H2,(H,20,25)(H,21,22,26). The molecule has 1 saturated heterocycles. The fraction of sp³-hybridized carbons (Fsp3) is 0.421. The summed E-state index contributed by atoms with van der Waals surface area (Å²) in [6.07, 6.45) is 3.54. The Labute approximate surface area is 152 Å². The third-order valence-electron chi connectivity index (χ3n) is 5.03. The minimum absolute atomic E-state index is 0.0355. The Morgan fingerprint density at radius 3 is 2.85 bits per heavy atom. The van der Waals surface area contributed by atoms with Gasteiger partial charge in [0.25, 0.3) is 0 Å². The highest BCUT2D eigenvalue weighted by Gasteiger charge is 2.30. The summed E-state index contributed by atoms with van der Waals surface area (Å²) in [7, 11) is 0. The molecule has 1 unspecified atom stereocenters. The van der Waals surface area contributed by atoms with Crippen molar-refractivity contribution in [2.24, 2.45) is 0 Å². The summed E-state index contributed by atoms with van der Waals surface area (Å²) in [4.78, 5) is 26.7. The number of rotatable bonds is 2. The summed E-state index contributed by atoms with van der Waals surface area (Å²) >= 11 is 0. The van der Waals surface area contributed by atoms with Crippen LogP contribution in [0.15, 0.2) is 36.4 Å². The zero-order valence-electron chi connectivity index (χ0n) is 14.6. The lowest BCUT2D eigenvalue weighted by atomic mass is 10.0. The van der Waals surface area contributed by atoms with E-state index in [1.54, 1.807) is 4.90 Å². The molecule has 1 atom stereocenters. The van der Waals surface area contributed by atoms with Crippen LogP contribution in [0.1, 0.15) is 36.6 Å². The van der Waals surface area contributed by atoms with Crippen molar-refractivity contribution < 1.29 is 9.59 Å². The predicted molar refractivity (Wildman–Crippen MR) is 97.7 cm³/mol. The molecule has 1 fully saturated rings. The second-order valence-corrected chi connectivity index (χ2v) is 6.81. The van der Waals surface area contributed by atoms with Gasteiger partial charge in [0, 0.05) is 31.4 Å². The van der Waals surface area contributed by atoms with Gasteiger partial charge in [-0.2, -0.15) is 5.10 Å². The van der Waals surface area contributed by atoms with Crippen LogP contribution in [-0.4, -0.2) is 39.7 Å². The zero-order chi connectivity index (χ0) is 17.9. The zero-order valence-corrected chi connectivity index (χ0v) is 14.6. The number of hydrogen-bond donors (Lipinski definition) is 2. The molecule has 3 heterocycles. The van der Waals surface area contributed by atoms with E-state index in [2.05, 4.69) is 15.7 Å². The number of nitrogens with zero attached hydrogens (tertiary/aromatic N) is 3. The molecule has 0 saturated carbocycles. The SMILES string of the molecule is O=C1CC(c2ccccc2)N(C(=O)Nc2cc3n(n2)CCCC3)CCN1. The van der Waals surface area contributed by atoms with Crippen LogP contribution in [0.25, 0.3) is 0 Å². The largest absolute Gasteiger partial charge is 0.354 e. The summed E-state index contributed by atoms with van der Waals surface area (Å²) in [6, 6.07) is 11.2. The van der Waals surface area contributed by atoms with Gasteiger partial charge in [-0.1, -0.05) is 30.3 Å². The molecule has 4 rings (SSSR count). The van der Waals surface area contributed by atoms with Crippen LogP contribution in [0.5, 0.6) is 0 Å². The molecule has 2 aromatic rings. The number of nitrogens with one attached hydrogen (secondary N) is 2. The van der Waals surface area contributed by atoms with Crippen molar-refractivity contribution >= 4 is 17.8 Å². The van der Waals surface area contributed by atoms with E-state index in [9.17, 15) is 9.59 Å². The van der Waals surface area contributed by atoms with Gasteiger partial charge in [0.1, 0.15) is 0 Å². The molecule has 0 spiro atoms. The smallest absolute Gasteiger partial charge is 0.323 e. The van der Waals surface area contributed by atoms with Crippen molar-refractivity contribution in [1.29, 1.82) is 0 Å². The third-order valence-corrected chi connectivity index (χ3v) is 5.03. The Kier molecular flexibility index (Phi) is 4.60. The molecule has 2 N–H and O–H groups in total. The Hall–Kier alpha value is -2.83. The van der Waals surface area contributed by atoms with E-state index in [-0.39, 0.29) is 24.4 Å². The Bertz CT molecular complexity index is 778. The summed E-state index contributed by atoms with van der Waals surface area (Å²) < 4.78 is 1.97. The van der Waals surface area contributed by atoms with Gasteiger partial charge in [0.05, 0.1) is 12.5 Å². The van der Waals surface area contributed by atoms with E-state index < -0.39 is 0 Å². The van der Waals surface area contributed by atoms with Crippen LogP contribution in [0.3, 0.4) is 0 Å². The second-order valence-electron chi connectivity index (χ2n) is 6.81. The number of carbonyl (C=O) groups is 2. The number of benzene rings is 1. The van der Waals surface area contributed by atoms with E-state index in [1.165, 1.54) is 5.69 Å². The van der Waals surface area contributed by atoms with E-state index in [1.807, 2.05) is 41.1 Å². The molecule has 1 aromatic heterocycles. The molecule has 136 valence electrons. The molecule has 2 aliphatic rings. The van der Waals surface area contributed by atoms with Crippen LogP contribution >= 0.6 is 0 Å². The first-order valence-corrected chi connectivity index (χ1v) is 9.17. The first-order valence-electron chi connectivity index (χ1n) is 9.17. The average molecular weight is 353 g/mol.